The van der Waals surface area contributed by atoms with Crippen molar-refractivity contribution < 1.29 is 14.3 Å². The zero-order chi connectivity index (χ0) is 15.2. The number of aromatic nitrogens is 2. The molecule has 1 aliphatic carbocycles. The van der Waals surface area contributed by atoms with E-state index < -0.39 is 0 Å². The van der Waals surface area contributed by atoms with Crippen molar-refractivity contribution in [1.82, 2.24) is 9.97 Å². The summed E-state index contributed by atoms with van der Waals surface area (Å²) in [4.78, 5) is 8.52. The van der Waals surface area contributed by atoms with Crippen LogP contribution in [0.15, 0.2) is 35.2 Å². The second kappa shape index (κ2) is 7.26. The average Bonchev–Trinajstić information content (AvgIpc) is 3.24. The highest BCUT2D eigenvalue weighted by Gasteiger charge is 2.17. The molecule has 0 spiro atoms. The highest BCUT2D eigenvalue weighted by Crippen LogP contribution is 2.25. The molecule has 118 valence electrons. The van der Waals surface area contributed by atoms with E-state index in [2.05, 4.69) is 15.3 Å². The maximum absolute atomic E-state index is 9.47. The highest BCUT2D eigenvalue weighted by molar-refractivity contribution is 5.36. The number of furan rings is 1. The van der Waals surface area contributed by atoms with Crippen LogP contribution < -0.4 is 10.1 Å². The van der Waals surface area contributed by atoms with E-state index in [1.54, 1.807) is 24.7 Å². The molecule has 2 aromatic heterocycles. The van der Waals surface area contributed by atoms with E-state index in [0.29, 0.717) is 30.0 Å². The molecule has 0 saturated heterocycles. The van der Waals surface area contributed by atoms with Crippen molar-refractivity contribution in [2.45, 2.75) is 31.7 Å². The van der Waals surface area contributed by atoms with Gasteiger partial charge in [0.1, 0.15) is 17.6 Å². The van der Waals surface area contributed by atoms with Gasteiger partial charge >= 0.3 is 0 Å². The molecule has 0 radical (unpaired) electrons. The lowest BCUT2D eigenvalue weighted by atomic mass is 10.1. The lowest BCUT2D eigenvalue weighted by Crippen LogP contribution is -2.16. The van der Waals surface area contributed by atoms with E-state index >= 15 is 0 Å². The van der Waals surface area contributed by atoms with Gasteiger partial charge in [0, 0.05) is 0 Å². The number of hydrogen-bond donors (Lipinski definition) is 2. The van der Waals surface area contributed by atoms with Crippen molar-refractivity contribution in [3.8, 4) is 5.88 Å². The fraction of sp³-hybridized carbons (Fsp3) is 0.500. The van der Waals surface area contributed by atoms with Crippen molar-refractivity contribution >= 4 is 5.82 Å². The topological polar surface area (TPSA) is 80.4 Å². The van der Waals surface area contributed by atoms with Crippen LogP contribution in [-0.4, -0.2) is 28.3 Å². The molecule has 0 amide bonds. The van der Waals surface area contributed by atoms with Crippen molar-refractivity contribution in [3.63, 3.8) is 0 Å². The van der Waals surface area contributed by atoms with Crippen LogP contribution in [0.25, 0.3) is 0 Å². The predicted octanol–water partition coefficient (Wildman–Crippen LogP) is 2.78. The zero-order valence-corrected chi connectivity index (χ0v) is 12.4. The Balaban J connectivity index is 1.60. The lowest BCUT2D eigenvalue weighted by Gasteiger charge is -2.15. The number of nitrogens with one attached hydrogen (secondary N) is 1. The molecule has 0 bridgehead atoms. The van der Waals surface area contributed by atoms with Crippen LogP contribution in [0.4, 0.5) is 5.82 Å². The van der Waals surface area contributed by atoms with E-state index in [0.717, 1.165) is 0 Å². The van der Waals surface area contributed by atoms with Gasteiger partial charge in [-0.05, 0) is 30.9 Å². The van der Waals surface area contributed by atoms with E-state index in [-0.39, 0.29) is 12.6 Å². The fourth-order valence-electron chi connectivity index (χ4n) is 2.74. The number of nitrogens with zero attached hydrogens (tertiary/aromatic N) is 2. The third kappa shape index (κ3) is 3.76. The minimum atomic E-state index is -0.352. The van der Waals surface area contributed by atoms with Crippen LogP contribution in [0.2, 0.25) is 0 Å². The van der Waals surface area contributed by atoms with Crippen molar-refractivity contribution in [1.29, 1.82) is 0 Å². The highest BCUT2D eigenvalue weighted by atomic mass is 16.5. The summed E-state index contributed by atoms with van der Waals surface area (Å²) in [5.41, 5.74) is 0. The van der Waals surface area contributed by atoms with E-state index in [1.807, 2.05) is 6.07 Å². The molecule has 1 aliphatic rings. The molecule has 3 rings (SSSR count). The Morgan fingerprint density at radius 1 is 1.36 bits per heavy atom. The van der Waals surface area contributed by atoms with Crippen molar-refractivity contribution in [2.75, 3.05) is 18.5 Å². The monoisotopic (exact) mass is 303 g/mol. The SMILES string of the molecule is OCC(Nc1cncc(OCC2CCCC2)n1)c1ccco1. The quantitative estimate of drug-likeness (QED) is 0.818. The van der Waals surface area contributed by atoms with Gasteiger partial charge in [0.05, 0.1) is 31.9 Å². The molecule has 0 aromatic carbocycles. The summed E-state index contributed by atoms with van der Waals surface area (Å²) in [6.07, 6.45) is 9.85. The summed E-state index contributed by atoms with van der Waals surface area (Å²) >= 11 is 0. The minimum absolute atomic E-state index is 0.0949. The van der Waals surface area contributed by atoms with Crippen LogP contribution in [-0.2, 0) is 0 Å². The average molecular weight is 303 g/mol. The first-order valence-corrected chi connectivity index (χ1v) is 7.71. The first-order chi connectivity index (χ1) is 10.8. The molecule has 22 heavy (non-hydrogen) atoms. The van der Waals surface area contributed by atoms with Gasteiger partial charge in [0.15, 0.2) is 0 Å². The number of aliphatic hydroxyl groups excluding tert-OH is 1. The summed E-state index contributed by atoms with van der Waals surface area (Å²) < 4.78 is 11.0. The molecule has 1 unspecified atom stereocenters. The standard InChI is InChI=1S/C16H21N3O3/c20-10-13(14-6-3-7-21-14)18-15-8-17-9-16(19-15)22-11-12-4-1-2-5-12/h3,6-9,12-13,20H,1-2,4-5,10-11H2,(H,18,19). The molecule has 1 fully saturated rings. The van der Waals surface area contributed by atoms with Gasteiger partial charge in [0.2, 0.25) is 5.88 Å². The van der Waals surface area contributed by atoms with Gasteiger partial charge in [-0.15, -0.1) is 0 Å². The van der Waals surface area contributed by atoms with Gasteiger partial charge in [-0.2, -0.15) is 4.98 Å². The smallest absolute Gasteiger partial charge is 0.234 e. The van der Waals surface area contributed by atoms with Gasteiger partial charge in [0.25, 0.3) is 0 Å². The van der Waals surface area contributed by atoms with Crippen molar-refractivity contribution in [3.05, 3.63) is 36.5 Å². The van der Waals surface area contributed by atoms with Gasteiger partial charge in [-0.1, -0.05) is 12.8 Å². The zero-order valence-electron chi connectivity index (χ0n) is 12.4. The minimum Gasteiger partial charge on any atom is -0.476 e. The third-order valence-corrected chi connectivity index (χ3v) is 3.95. The summed E-state index contributed by atoms with van der Waals surface area (Å²) in [6, 6.07) is 3.24. The number of ether oxygens (including phenoxy) is 1. The largest absolute Gasteiger partial charge is 0.476 e. The maximum atomic E-state index is 9.47. The van der Waals surface area contributed by atoms with E-state index in [4.69, 9.17) is 9.15 Å². The Bertz CT molecular complexity index is 568. The third-order valence-electron chi connectivity index (χ3n) is 3.95. The predicted molar refractivity (Wildman–Crippen MR) is 81.6 cm³/mol. The Morgan fingerprint density at radius 2 is 2.23 bits per heavy atom. The molecule has 6 nitrogen and oxygen atoms in total. The van der Waals surface area contributed by atoms with Gasteiger partial charge in [-0.3, -0.25) is 4.98 Å². The Labute approximate surface area is 129 Å². The second-order valence-corrected chi connectivity index (χ2v) is 5.60. The summed E-state index contributed by atoms with van der Waals surface area (Å²) in [7, 11) is 0. The van der Waals surface area contributed by atoms with Gasteiger partial charge < -0.3 is 19.6 Å². The first kappa shape index (κ1) is 14.8. The Morgan fingerprint density at radius 3 is 2.95 bits per heavy atom. The second-order valence-electron chi connectivity index (χ2n) is 5.60. The molecule has 2 aromatic rings. The summed E-state index contributed by atoms with van der Waals surface area (Å²) in [5, 5.41) is 12.6. The van der Waals surface area contributed by atoms with Crippen LogP contribution in [0.5, 0.6) is 5.88 Å². The molecule has 6 heteroatoms. The number of hydrogen-bond acceptors (Lipinski definition) is 6. The Hall–Kier alpha value is -2.08. The lowest BCUT2D eigenvalue weighted by molar-refractivity contribution is 0.242. The Kier molecular flexibility index (Phi) is 4.90. The molecule has 0 aliphatic heterocycles. The number of anilines is 1. The number of aliphatic hydroxyl groups is 1. The number of rotatable bonds is 7. The van der Waals surface area contributed by atoms with Crippen LogP contribution in [0, 0.1) is 5.92 Å². The van der Waals surface area contributed by atoms with Crippen LogP contribution >= 0.6 is 0 Å². The van der Waals surface area contributed by atoms with Crippen molar-refractivity contribution in [2.24, 2.45) is 5.92 Å². The molecule has 2 N–H and O–H groups in total. The molecular formula is C16H21N3O3. The van der Waals surface area contributed by atoms with Crippen LogP contribution in [0.3, 0.4) is 0 Å². The molecule has 1 atom stereocenters. The normalized spacial score (nSPS) is 16.6. The fourth-order valence-corrected chi connectivity index (χ4v) is 2.74. The first-order valence-electron chi connectivity index (χ1n) is 7.71. The molecular weight excluding hydrogens is 282 g/mol. The van der Waals surface area contributed by atoms with Crippen LogP contribution in [0.1, 0.15) is 37.5 Å². The van der Waals surface area contributed by atoms with E-state index in [1.165, 1.54) is 25.7 Å². The maximum Gasteiger partial charge on any atom is 0.234 e. The van der Waals surface area contributed by atoms with Gasteiger partial charge in [-0.25, -0.2) is 0 Å². The molecule has 1 saturated carbocycles. The summed E-state index contributed by atoms with van der Waals surface area (Å²) in [6.45, 7) is 0.599. The van der Waals surface area contributed by atoms with E-state index in [9.17, 15) is 5.11 Å². The summed E-state index contributed by atoms with van der Waals surface area (Å²) in [5.74, 6) is 2.35. The molecule has 2 heterocycles.